The molecule has 0 saturated heterocycles. The third-order valence-corrected chi connectivity index (χ3v) is 5.32. The smallest absolute Gasteiger partial charge is 0.0487 e. The standard InChI is InChI=1S/C27H27N/c1-27(2,3)23-16-18-25(19-17-23)28(24-13-5-4-6-14-24)20-22-12-9-11-21-10-7-8-15-26(21)22/h4-19H,20H2,1-3H3. The van der Waals surface area contributed by atoms with Gasteiger partial charge in [0.05, 0.1) is 0 Å². The molecule has 0 atom stereocenters. The normalized spacial score (nSPS) is 11.5. The zero-order valence-electron chi connectivity index (χ0n) is 16.9. The highest BCUT2D eigenvalue weighted by Crippen LogP contribution is 2.31. The Bertz CT molecular complexity index is 1050. The van der Waals surface area contributed by atoms with Crippen LogP contribution in [0.5, 0.6) is 0 Å². The Labute approximate surface area is 168 Å². The number of benzene rings is 4. The fourth-order valence-corrected chi connectivity index (χ4v) is 3.68. The Morgan fingerprint density at radius 3 is 1.93 bits per heavy atom. The second-order valence-corrected chi connectivity index (χ2v) is 8.36. The number of fused-ring (bicyclic) bond motifs is 1. The van der Waals surface area contributed by atoms with Gasteiger partial charge in [-0.05, 0) is 51.6 Å². The van der Waals surface area contributed by atoms with Crippen LogP contribution in [0.2, 0.25) is 0 Å². The van der Waals surface area contributed by atoms with E-state index in [1.54, 1.807) is 0 Å². The van der Waals surface area contributed by atoms with E-state index >= 15 is 0 Å². The van der Waals surface area contributed by atoms with Crippen molar-refractivity contribution in [3.05, 3.63) is 108 Å². The molecule has 1 nitrogen and oxygen atoms in total. The summed E-state index contributed by atoms with van der Waals surface area (Å²) in [7, 11) is 0. The SMILES string of the molecule is CC(C)(C)c1ccc(N(Cc2cccc3ccccc23)c2ccccc2)cc1. The van der Waals surface area contributed by atoms with E-state index in [0.717, 1.165) is 6.54 Å². The average molecular weight is 366 g/mol. The molecule has 0 aliphatic carbocycles. The van der Waals surface area contributed by atoms with Gasteiger partial charge in [0.2, 0.25) is 0 Å². The molecule has 1 heteroatoms. The molecule has 0 heterocycles. The van der Waals surface area contributed by atoms with E-state index in [4.69, 9.17) is 0 Å². The number of hydrogen-bond donors (Lipinski definition) is 0. The van der Waals surface area contributed by atoms with Crippen LogP contribution in [0, 0.1) is 0 Å². The maximum atomic E-state index is 2.40. The highest BCUT2D eigenvalue weighted by atomic mass is 15.1. The predicted octanol–water partition coefficient (Wildman–Crippen LogP) is 7.48. The zero-order valence-corrected chi connectivity index (χ0v) is 16.9. The van der Waals surface area contributed by atoms with E-state index in [2.05, 4.69) is 123 Å². The first kappa shape index (κ1) is 18.3. The fraction of sp³-hybridized carbons (Fsp3) is 0.185. The topological polar surface area (TPSA) is 3.24 Å². The molecule has 0 aliphatic heterocycles. The summed E-state index contributed by atoms with van der Waals surface area (Å²) in [6, 6.07) is 34.9. The van der Waals surface area contributed by atoms with E-state index in [1.165, 1.54) is 33.3 Å². The van der Waals surface area contributed by atoms with Crippen LogP contribution in [0.4, 0.5) is 11.4 Å². The van der Waals surface area contributed by atoms with Crippen LogP contribution < -0.4 is 4.90 Å². The summed E-state index contributed by atoms with van der Waals surface area (Å²) >= 11 is 0. The maximum Gasteiger partial charge on any atom is 0.0487 e. The van der Waals surface area contributed by atoms with E-state index < -0.39 is 0 Å². The lowest BCUT2D eigenvalue weighted by Crippen LogP contribution is -2.17. The Hall–Kier alpha value is -3.06. The Morgan fingerprint density at radius 1 is 0.607 bits per heavy atom. The van der Waals surface area contributed by atoms with Gasteiger partial charge in [-0.15, -0.1) is 0 Å². The monoisotopic (exact) mass is 365 g/mol. The fourth-order valence-electron chi connectivity index (χ4n) is 3.68. The number of rotatable bonds is 4. The molecule has 0 spiro atoms. The summed E-state index contributed by atoms with van der Waals surface area (Å²) in [5, 5.41) is 2.60. The lowest BCUT2D eigenvalue weighted by Gasteiger charge is -2.27. The van der Waals surface area contributed by atoms with Crippen molar-refractivity contribution in [1.29, 1.82) is 0 Å². The van der Waals surface area contributed by atoms with Crippen LogP contribution in [0.15, 0.2) is 97.1 Å². The molecule has 0 fully saturated rings. The summed E-state index contributed by atoms with van der Waals surface area (Å²) < 4.78 is 0. The largest absolute Gasteiger partial charge is 0.337 e. The molecular weight excluding hydrogens is 338 g/mol. The van der Waals surface area contributed by atoms with Crippen LogP contribution in [-0.2, 0) is 12.0 Å². The van der Waals surface area contributed by atoms with Crippen molar-refractivity contribution in [2.75, 3.05) is 4.90 Å². The lowest BCUT2D eigenvalue weighted by molar-refractivity contribution is 0.590. The van der Waals surface area contributed by atoms with E-state index in [1.807, 2.05) is 0 Å². The van der Waals surface area contributed by atoms with Crippen LogP contribution >= 0.6 is 0 Å². The third kappa shape index (κ3) is 3.80. The minimum atomic E-state index is 0.158. The Balaban J connectivity index is 1.76. The highest BCUT2D eigenvalue weighted by Gasteiger charge is 2.16. The predicted molar refractivity (Wildman–Crippen MR) is 121 cm³/mol. The van der Waals surface area contributed by atoms with Crippen LogP contribution in [0.1, 0.15) is 31.9 Å². The van der Waals surface area contributed by atoms with Crippen LogP contribution in [-0.4, -0.2) is 0 Å². The molecule has 0 amide bonds. The van der Waals surface area contributed by atoms with Crippen molar-refractivity contribution in [3.63, 3.8) is 0 Å². The van der Waals surface area contributed by atoms with Gasteiger partial charge in [-0.1, -0.05) is 93.6 Å². The minimum absolute atomic E-state index is 0.158. The number of hydrogen-bond acceptors (Lipinski definition) is 1. The van der Waals surface area contributed by atoms with Crippen molar-refractivity contribution in [3.8, 4) is 0 Å². The minimum Gasteiger partial charge on any atom is -0.337 e. The average Bonchev–Trinajstić information content (AvgIpc) is 2.72. The third-order valence-electron chi connectivity index (χ3n) is 5.32. The summed E-state index contributed by atoms with van der Waals surface area (Å²) in [5.41, 5.74) is 5.27. The van der Waals surface area contributed by atoms with Gasteiger partial charge in [0.15, 0.2) is 0 Å². The van der Waals surface area contributed by atoms with Gasteiger partial charge < -0.3 is 4.90 Å². The highest BCUT2D eigenvalue weighted by molar-refractivity contribution is 5.86. The first-order valence-electron chi connectivity index (χ1n) is 9.92. The molecule has 4 aromatic rings. The molecule has 0 N–H and O–H groups in total. The molecule has 140 valence electrons. The summed E-state index contributed by atoms with van der Waals surface area (Å²) in [5.74, 6) is 0. The number of nitrogens with zero attached hydrogens (tertiary/aromatic N) is 1. The molecule has 0 aliphatic rings. The number of para-hydroxylation sites is 1. The van der Waals surface area contributed by atoms with Gasteiger partial charge in [-0.25, -0.2) is 0 Å². The van der Waals surface area contributed by atoms with Gasteiger partial charge in [-0.3, -0.25) is 0 Å². The summed E-state index contributed by atoms with van der Waals surface area (Å²) in [6.45, 7) is 7.60. The molecule has 4 aromatic carbocycles. The van der Waals surface area contributed by atoms with Crippen molar-refractivity contribution in [1.82, 2.24) is 0 Å². The van der Waals surface area contributed by atoms with E-state index in [9.17, 15) is 0 Å². The maximum absolute atomic E-state index is 2.40. The first-order chi connectivity index (χ1) is 13.5. The molecule has 0 unspecified atom stereocenters. The number of anilines is 2. The Kier molecular flexibility index (Phi) is 4.92. The first-order valence-corrected chi connectivity index (χ1v) is 9.92. The summed E-state index contributed by atoms with van der Waals surface area (Å²) in [6.07, 6.45) is 0. The summed E-state index contributed by atoms with van der Waals surface area (Å²) in [4.78, 5) is 2.40. The van der Waals surface area contributed by atoms with Crippen molar-refractivity contribution in [2.45, 2.75) is 32.7 Å². The zero-order chi connectivity index (χ0) is 19.6. The van der Waals surface area contributed by atoms with Gasteiger partial charge >= 0.3 is 0 Å². The van der Waals surface area contributed by atoms with Gasteiger partial charge in [-0.2, -0.15) is 0 Å². The molecular formula is C27H27N. The molecule has 0 radical (unpaired) electrons. The second-order valence-electron chi connectivity index (χ2n) is 8.36. The van der Waals surface area contributed by atoms with Gasteiger partial charge in [0, 0.05) is 17.9 Å². The van der Waals surface area contributed by atoms with E-state index in [-0.39, 0.29) is 5.41 Å². The molecule has 0 bridgehead atoms. The molecule has 0 aromatic heterocycles. The molecule has 28 heavy (non-hydrogen) atoms. The van der Waals surface area contributed by atoms with Crippen LogP contribution in [0.3, 0.4) is 0 Å². The second kappa shape index (κ2) is 7.52. The molecule has 0 saturated carbocycles. The lowest BCUT2D eigenvalue weighted by atomic mass is 9.87. The van der Waals surface area contributed by atoms with Crippen molar-refractivity contribution >= 4 is 22.1 Å². The molecule has 4 rings (SSSR count). The quantitative estimate of drug-likeness (QED) is 0.362. The van der Waals surface area contributed by atoms with E-state index in [0.29, 0.717) is 0 Å². The Morgan fingerprint density at radius 2 is 1.21 bits per heavy atom. The van der Waals surface area contributed by atoms with Gasteiger partial charge in [0.25, 0.3) is 0 Å². The van der Waals surface area contributed by atoms with Crippen molar-refractivity contribution in [2.24, 2.45) is 0 Å². The van der Waals surface area contributed by atoms with Crippen LogP contribution in [0.25, 0.3) is 10.8 Å². The van der Waals surface area contributed by atoms with Crippen molar-refractivity contribution < 1.29 is 0 Å². The van der Waals surface area contributed by atoms with Gasteiger partial charge in [0.1, 0.15) is 0 Å².